The van der Waals surface area contributed by atoms with E-state index in [-0.39, 0.29) is 0 Å². The second kappa shape index (κ2) is 8.96. The quantitative estimate of drug-likeness (QED) is 0.373. The topological polar surface area (TPSA) is 76.1 Å². The van der Waals surface area contributed by atoms with E-state index in [9.17, 15) is 0 Å². The lowest BCUT2D eigenvalue weighted by Crippen LogP contribution is -2.30. The Morgan fingerprint density at radius 2 is 1.14 bits per heavy atom. The summed E-state index contributed by atoms with van der Waals surface area (Å²) < 4.78 is 0. The minimum atomic E-state index is 0.375. The van der Waals surface area contributed by atoms with Crippen molar-refractivity contribution in [3.8, 4) is 0 Å². The van der Waals surface area contributed by atoms with Gasteiger partial charge in [-0.05, 0) is 37.3 Å². The van der Waals surface area contributed by atoms with Crippen LogP contribution in [0.5, 0.6) is 0 Å². The lowest BCUT2D eigenvalue weighted by atomic mass is 10.2. The molecular formula is C8H18N4S2. The minimum Gasteiger partial charge on any atom is -0.376 e. The van der Waals surface area contributed by atoms with Crippen LogP contribution in [0.25, 0.3) is 0 Å². The van der Waals surface area contributed by atoms with Crippen LogP contribution >= 0.6 is 24.4 Å². The van der Waals surface area contributed by atoms with Crippen LogP contribution in [0.1, 0.15) is 25.7 Å². The van der Waals surface area contributed by atoms with Crippen LogP contribution in [0.2, 0.25) is 0 Å². The van der Waals surface area contributed by atoms with Gasteiger partial charge >= 0.3 is 0 Å². The van der Waals surface area contributed by atoms with Gasteiger partial charge in [0.25, 0.3) is 0 Å². The fraction of sp³-hybridized carbons (Fsp3) is 0.750. The van der Waals surface area contributed by atoms with Crippen molar-refractivity contribution in [3.63, 3.8) is 0 Å². The molecule has 82 valence electrons. The molecular weight excluding hydrogens is 216 g/mol. The van der Waals surface area contributed by atoms with Crippen molar-refractivity contribution in [3.05, 3.63) is 0 Å². The van der Waals surface area contributed by atoms with Crippen LogP contribution in [-0.4, -0.2) is 23.3 Å². The van der Waals surface area contributed by atoms with Crippen LogP contribution in [0, 0.1) is 0 Å². The first-order chi connectivity index (χ1) is 6.63. The highest BCUT2D eigenvalue weighted by molar-refractivity contribution is 7.80. The van der Waals surface area contributed by atoms with E-state index in [0.717, 1.165) is 38.8 Å². The maximum Gasteiger partial charge on any atom is 0.163 e. The van der Waals surface area contributed by atoms with Gasteiger partial charge in [-0.1, -0.05) is 12.8 Å². The lowest BCUT2D eigenvalue weighted by molar-refractivity contribution is 0.625. The fourth-order valence-electron chi connectivity index (χ4n) is 1.03. The Morgan fingerprint density at radius 3 is 1.43 bits per heavy atom. The third-order valence-corrected chi connectivity index (χ3v) is 1.99. The third kappa shape index (κ3) is 11.4. The Morgan fingerprint density at radius 1 is 0.786 bits per heavy atom. The highest BCUT2D eigenvalue weighted by Gasteiger charge is 1.91. The Hall–Kier alpha value is -0.620. The summed E-state index contributed by atoms with van der Waals surface area (Å²) in [6.45, 7) is 1.72. The van der Waals surface area contributed by atoms with Crippen molar-refractivity contribution in [2.45, 2.75) is 25.7 Å². The summed E-state index contributed by atoms with van der Waals surface area (Å²) in [6, 6.07) is 0. The molecule has 0 aromatic heterocycles. The van der Waals surface area contributed by atoms with E-state index in [2.05, 4.69) is 35.1 Å². The standard InChI is InChI=1S/C8H18N4S2/c9-7(13)11-5-3-1-2-4-6-12-8(10)14/h1-6H2,(H3,9,11,13)(H3,10,12,14). The first-order valence-electron chi connectivity index (χ1n) is 4.69. The molecule has 4 nitrogen and oxygen atoms in total. The van der Waals surface area contributed by atoms with Crippen molar-refractivity contribution in [1.82, 2.24) is 10.6 Å². The molecule has 0 atom stereocenters. The number of unbranched alkanes of at least 4 members (excludes halogenated alkanes) is 3. The van der Waals surface area contributed by atoms with Gasteiger partial charge in [-0.3, -0.25) is 0 Å². The van der Waals surface area contributed by atoms with Crippen LogP contribution in [-0.2, 0) is 0 Å². The Balaban J connectivity index is 2.99. The molecule has 6 N–H and O–H groups in total. The largest absolute Gasteiger partial charge is 0.376 e. The highest BCUT2D eigenvalue weighted by atomic mass is 32.1. The first kappa shape index (κ1) is 13.4. The second-order valence-corrected chi connectivity index (χ2v) is 3.88. The van der Waals surface area contributed by atoms with Gasteiger partial charge in [0.2, 0.25) is 0 Å². The average molecular weight is 234 g/mol. The zero-order valence-electron chi connectivity index (χ0n) is 8.21. The zero-order valence-corrected chi connectivity index (χ0v) is 9.85. The number of nitrogens with one attached hydrogen (secondary N) is 2. The van der Waals surface area contributed by atoms with Crippen LogP contribution < -0.4 is 22.1 Å². The van der Waals surface area contributed by atoms with Gasteiger partial charge < -0.3 is 22.1 Å². The molecule has 0 amide bonds. The molecule has 14 heavy (non-hydrogen) atoms. The molecule has 0 unspecified atom stereocenters. The van der Waals surface area contributed by atoms with Gasteiger partial charge in [0.15, 0.2) is 10.2 Å². The molecule has 0 aromatic rings. The Labute approximate surface area is 95.8 Å². The molecule has 0 bridgehead atoms. The Kier molecular flexibility index (Phi) is 8.56. The summed E-state index contributed by atoms with van der Waals surface area (Å²) in [7, 11) is 0. The van der Waals surface area contributed by atoms with E-state index < -0.39 is 0 Å². The summed E-state index contributed by atoms with van der Waals surface area (Å²) in [4.78, 5) is 0. The minimum absolute atomic E-state index is 0.375. The molecule has 0 radical (unpaired) electrons. The van der Waals surface area contributed by atoms with Crippen LogP contribution in [0.4, 0.5) is 0 Å². The highest BCUT2D eigenvalue weighted by Crippen LogP contribution is 1.97. The van der Waals surface area contributed by atoms with Gasteiger partial charge in [0.05, 0.1) is 0 Å². The van der Waals surface area contributed by atoms with Gasteiger partial charge in [-0.15, -0.1) is 0 Å². The molecule has 0 aliphatic heterocycles. The molecule has 0 aromatic carbocycles. The number of hydrogen-bond acceptors (Lipinski definition) is 2. The zero-order chi connectivity index (χ0) is 10.8. The van der Waals surface area contributed by atoms with E-state index in [1.807, 2.05) is 0 Å². The van der Waals surface area contributed by atoms with Gasteiger partial charge in [0, 0.05) is 13.1 Å². The maximum atomic E-state index is 5.27. The SMILES string of the molecule is NC(=S)NCCCCCCNC(N)=S. The molecule has 0 spiro atoms. The van der Waals surface area contributed by atoms with Crippen LogP contribution in [0.15, 0.2) is 0 Å². The van der Waals surface area contributed by atoms with Crippen molar-refractivity contribution in [2.24, 2.45) is 11.5 Å². The van der Waals surface area contributed by atoms with Crippen molar-refractivity contribution in [1.29, 1.82) is 0 Å². The maximum absolute atomic E-state index is 5.27. The molecule has 0 rings (SSSR count). The fourth-order valence-corrected chi connectivity index (χ4v) is 1.23. The first-order valence-corrected chi connectivity index (χ1v) is 5.51. The molecule has 0 saturated heterocycles. The molecule has 0 fully saturated rings. The average Bonchev–Trinajstić information content (AvgIpc) is 2.08. The number of hydrogen-bond donors (Lipinski definition) is 4. The molecule has 0 aliphatic carbocycles. The molecule has 0 aliphatic rings. The molecule has 0 saturated carbocycles. The van der Waals surface area contributed by atoms with E-state index in [0.29, 0.717) is 10.2 Å². The van der Waals surface area contributed by atoms with Gasteiger partial charge in [-0.2, -0.15) is 0 Å². The summed E-state index contributed by atoms with van der Waals surface area (Å²) in [6.07, 6.45) is 4.50. The summed E-state index contributed by atoms with van der Waals surface area (Å²) in [5.74, 6) is 0. The molecule has 6 heteroatoms. The number of rotatable bonds is 7. The number of thiocarbonyl (C=S) groups is 2. The van der Waals surface area contributed by atoms with Gasteiger partial charge in [0.1, 0.15) is 0 Å². The predicted octanol–water partition coefficient (Wildman–Crippen LogP) is 0.213. The van der Waals surface area contributed by atoms with E-state index in [4.69, 9.17) is 11.5 Å². The van der Waals surface area contributed by atoms with E-state index in [1.54, 1.807) is 0 Å². The molecule has 0 heterocycles. The van der Waals surface area contributed by atoms with Crippen molar-refractivity contribution < 1.29 is 0 Å². The normalized spacial score (nSPS) is 9.43. The van der Waals surface area contributed by atoms with Gasteiger partial charge in [-0.25, -0.2) is 0 Å². The Bertz CT molecular complexity index is 164. The monoisotopic (exact) mass is 234 g/mol. The summed E-state index contributed by atoms with van der Waals surface area (Å²) >= 11 is 9.34. The second-order valence-electron chi connectivity index (χ2n) is 3.00. The predicted molar refractivity (Wildman–Crippen MR) is 68.0 cm³/mol. The lowest BCUT2D eigenvalue weighted by Gasteiger charge is -2.04. The van der Waals surface area contributed by atoms with E-state index >= 15 is 0 Å². The number of nitrogens with two attached hydrogens (primary N) is 2. The van der Waals surface area contributed by atoms with E-state index in [1.165, 1.54) is 0 Å². The third-order valence-electron chi connectivity index (χ3n) is 1.70. The summed E-state index contributed by atoms with van der Waals surface area (Å²) in [5.41, 5.74) is 10.5. The summed E-state index contributed by atoms with van der Waals surface area (Å²) in [5, 5.41) is 6.57. The van der Waals surface area contributed by atoms with Crippen LogP contribution in [0.3, 0.4) is 0 Å². The van der Waals surface area contributed by atoms with Crippen molar-refractivity contribution >= 4 is 34.7 Å². The van der Waals surface area contributed by atoms with Crippen molar-refractivity contribution in [2.75, 3.05) is 13.1 Å². The smallest absolute Gasteiger partial charge is 0.163 e.